The van der Waals surface area contributed by atoms with Crippen LogP contribution in [0.5, 0.6) is 0 Å². The van der Waals surface area contributed by atoms with Crippen LogP contribution in [0.1, 0.15) is 36.0 Å². The van der Waals surface area contributed by atoms with Crippen molar-refractivity contribution in [3.63, 3.8) is 0 Å². The summed E-state index contributed by atoms with van der Waals surface area (Å²) in [6, 6.07) is 7.01. The summed E-state index contributed by atoms with van der Waals surface area (Å²) in [5.74, 6) is 0. The number of hydrogen-bond acceptors (Lipinski definition) is 1. The molecule has 0 aromatic heterocycles. The van der Waals surface area contributed by atoms with Crippen molar-refractivity contribution < 1.29 is 0 Å². The third-order valence-corrected chi connectivity index (χ3v) is 3.08. The van der Waals surface area contributed by atoms with E-state index >= 15 is 0 Å². The number of nitrogens with two attached hydrogens (primary N) is 1. The fourth-order valence-corrected chi connectivity index (χ4v) is 2.25. The molecule has 76 valence electrons. The SMILES string of the molecule is NCCCCc1ccc2c(c1)CCC2. The Kier molecular flexibility index (Phi) is 3.20. The Bertz CT molecular complexity index is 304. The summed E-state index contributed by atoms with van der Waals surface area (Å²) in [4.78, 5) is 0. The van der Waals surface area contributed by atoms with Crippen LogP contribution in [0.25, 0.3) is 0 Å². The van der Waals surface area contributed by atoms with E-state index in [0.29, 0.717) is 0 Å². The molecule has 1 aromatic rings. The Morgan fingerprint density at radius 2 is 1.93 bits per heavy atom. The fourth-order valence-electron chi connectivity index (χ4n) is 2.25. The summed E-state index contributed by atoms with van der Waals surface area (Å²) in [6.45, 7) is 0.824. The van der Waals surface area contributed by atoms with Gasteiger partial charge in [0.1, 0.15) is 0 Å². The van der Waals surface area contributed by atoms with Crippen molar-refractivity contribution in [1.29, 1.82) is 0 Å². The second-order valence-electron chi connectivity index (χ2n) is 4.20. The predicted molar refractivity (Wildman–Crippen MR) is 60.5 cm³/mol. The summed E-state index contributed by atoms with van der Waals surface area (Å²) in [7, 11) is 0. The van der Waals surface area contributed by atoms with Gasteiger partial charge in [-0.25, -0.2) is 0 Å². The number of aryl methyl sites for hydroxylation is 3. The lowest BCUT2D eigenvalue weighted by Crippen LogP contribution is -1.99. The molecule has 0 radical (unpaired) electrons. The largest absolute Gasteiger partial charge is 0.330 e. The van der Waals surface area contributed by atoms with Gasteiger partial charge in [-0.05, 0) is 61.8 Å². The zero-order chi connectivity index (χ0) is 9.80. The first-order chi connectivity index (χ1) is 6.90. The van der Waals surface area contributed by atoms with E-state index in [1.165, 1.54) is 37.7 Å². The number of benzene rings is 1. The van der Waals surface area contributed by atoms with Crippen molar-refractivity contribution in [2.45, 2.75) is 38.5 Å². The number of hydrogen-bond donors (Lipinski definition) is 1. The molecule has 0 saturated carbocycles. The van der Waals surface area contributed by atoms with E-state index in [1.807, 2.05) is 0 Å². The quantitative estimate of drug-likeness (QED) is 0.723. The minimum atomic E-state index is 0.824. The average Bonchev–Trinajstić information content (AvgIpc) is 2.65. The maximum atomic E-state index is 5.48. The molecule has 0 amide bonds. The maximum Gasteiger partial charge on any atom is -0.00772 e. The van der Waals surface area contributed by atoms with Gasteiger partial charge in [0.15, 0.2) is 0 Å². The monoisotopic (exact) mass is 189 g/mol. The van der Waals surface area contributed by atoms with Gasteiger partial charge in [-0.15, -0.1) is 0 Å². The first-order valence-electron chi connectivity index (χ1n) is 5.71. The zero-order valence-corrected chi connectivity index (χ0v) is 8.76. The molecule has 0 atom stereocenters. The summed E-state index contributed by atoms with van der Waals surface area (Å²) in [6.07, 6.45) is 7.51. The van der Waals surface area contributed by atoms with Crippen molar-refractivity contribution in [3.8, 4) is 0 Å². The molecule has 0 spiro atoms. The molecule has 1 aromatic carbocycles. The average molecular weight is 189 g/mol. The highest BCUT2D eigenvalue weighted by Crippen LogP contribution is 2.23. The summed E-state index contributed by atoms with van der Waals surface area (Å²) >= 11 is 0. The predicted octanol–water partition coefficient (Wildman–Crippen LogP) is 2.46. The molecule has 0 heterocycles. The van der Waals surface area contributed by atoms with E-state index in [0.717, 1.165) is 13.0 Å². The Balaban J connectivity index is 1.98. The van der Waals surface area contributed by atoms with Crippen LogP contribution in [0.3, 0.4) is 0 Å². The van der Waals surface area contributed by atoms with Crippen molar-refractivity contribution in [3.05, 3.63) is 34.9 Å². The van der Waals surface area contributed by atoms with Gasteiger partial charge in [-0.3, -0.25) is 0 Å². The lowest BCUT2D eigenvalue weighted by molar-refractivity contribution is 0.744. The van der Waals surface area contributed by atoms with E-state index in [2.05, 4.69) is 18.2 Å². The smallest absolute Gasteiger partial charge is 0.00772 e. The Labute approximate surface area is 86.3 Å². The van der Waals surface area contributed by atoms with Crippen LogP contribution in [0.4, 0.5) is 0 Å². The van der Waals surface area contributed by atoms with Crippen LogP contribution in [-0.2, 0) is 19.3 Å². The maximum absolute atomic E-state index is 5.48. The van der Waals surface area contributed by atoms with Gasteiger partial charge in [0.2, 0.25) is 0 Å². The summed E-state index contributed by atoms with van der Waals surface area (Å²) < 4.78 is 0. The van der Waals surface area contributed by atoms with Crippen LogP contribution in [-0.4, -0.2) is 6.54 Å². The van der Waals surface area contributed by atoms with Gasteiger partial charge >= 0.3 is 0 Å². The molecule has 0 aliphatic heterocycles. The van der Waals surface area contributed by atoms with Gasteiger partial charge in [0.05, 0.1) is 0 Å². The topological polar surface area (TPSA) is 26.0 Å². The van der Waals surface area contributed by atoms with Crippen LogP contribution in [0.2, 0.25) is 0 Å². The molecule has 0 bridgehead atoms. The number of fused-ring (bicyclic) bond motifs is 1. The Morgan fingerprint density at radius 3 is 2.79 bits per heavy atom. The van der Waals surface area contributed by atoms with Gasteiger partial charge < -0.3 is 5.73 Å². The van der Waals surface area contributed by atoms with Crippen molar-refractivity contribution in [2.75, 3.05) is 6.54 Å². The highest BCUT2D eigenvalue weighted by molar-refractivity contribution is 5.35. The van der Waals surface area contributed by atoms with Crippen LogP contribution in [0.15, 0.2) is 18.2 Å². The number of rotatable bonds is 4. The summed E-state index contributed by atoms with van der Waals surface area (Å²) in [5.41, 5.74) is 10.2. The van der Waals surface area contributed by atoms with E-state index < -0.39 is 0 Å². The summed E-state index contributed by atoms with van der Waals surface area (Å²) in [5, 5.41) is 0. The fraction of sp³-hybridized carbons (Fsp3) is 0.538. The molecule has 0 fully saturated rings. The normalized spacial score (nSPS) is 14.4. The Morgan fingerprint density at radius 1 is 1.07 bits per heavy atom. The van der Waals surface area contributed by atoms with Crippen LogP contribution < -0.4 is 5.73 Å². The molecule has 1 aliphatic rings. The molecule has 0 saturated heterocycles. The highest BCUT2D eigenvalue weighted by atomic mass is 14.5. The second kappa shape index (κ2) is 4.61. The second-order valence-corrected chi connectivity index (χ2v) is 4.20. The minimum absolute atomic E-state index is 0.824. The molecule has 1 nitrogen and oxygen atoms in total. The van der Waals surface area contributed by atoms with Crippen LogP contribution >= 0.6 is 0 Å². The first-order valence-corrected chi connectivity index (χ1v) is 5.71. The molecule has 2 rings (SSSR count). The lowest BCUT2D eigenvalue weighted by Gasteiger charge is -2.04. The third-order valence-electron chi connectivity index (χ3n) is 3.08. The van der Waals surface area contributed by atoms with Gasteiger partial charge in [0.25, 0.3) is 0 Å². The minimum Gasteiger partial charge on any atom is -0.330 e. The molecule has 0 unspecified atom stereocenters. The molecular weight excluding hydrogens is 170 g/mol. The lowest BCUT2D eigenvalue weighted by atomic mass is 10.0. The third kappa shape index (κ3) is 2.16. The molecule has 2 N–H and O–H groups in total. The van der Waals surface area contributed by atoms with Crippen molar-refractivity contribution >= 4 is 0 Å². The molecule has 1 heteroatoms. The van der Waals surface area contributed by atoms with E-state index in [4.69, 9.17) is 5.73 Å². The van der Waals surface area contributed by atoms with Gasteiger partial charge in [-0.1, -0.05) is 18.2 Å². The van der Waals surface area contributed by atoms with E-state index in [-0.39, 0.29) is 0 Å². The number of unbranched alkanes of at least 4 members (excludes halogenated alkanes) is 1. The van der Waals surface area contributed by atoms with Gasteiger partial charge in [0, 0.05) is 0 Å². The van der Waals surface area contributed by atoms with Crippen molar-refractivity contribution in [2.24, 2.45) is 5.73 Å². The van der Waals surface area contributed by atoms with E-state index in [1.54, 1.807) is 11.1 Å². The standard InChI is InChI=1S/C13H19N/c14-9-2-1-4-11-7-8-12-5-3-6-13(12)10-11/h7-8,10H,1-6,9,14H2. The first kappa shape index (κ1) is 9.72. The Hall–Kier alpha value is -0.820. The van der Waals surface area contributed by atoms with Crippen LogP contribution in [0, 0.1) is 0 Å². The van der Waals surface area contributed by atoms with Gasteiger partial charge in [-0.2, -0.15) is 0 Å². The highest BCUT2D eigenvalue weighted by Gasteiger charge is 2.10. The zero-order valence-electron chi connectivity index (χ0n) is 8.76. The molecular formula is C13H19N. The van der Waals surface area contributed by atoms with Crippen molar-refractivity contribution in [1.82, 2.24) is 0 Å². The molecule has 1 aliphatic carbocycles. The molecule has 14 heavy (non-hydrogen) atoms. The van der Waals surface area contributed by atoms with E-state index in [9.17, 15) is 0 Å².